The van der Waals surface area contributed by atoms with Crippen LogP contribution in [-0.2, 0) is 4.79 Å². The maximum absolute atomic E-state index is 12.5. The van der Waals surface area contributed by atoms with E-state index in [1.807, 2.05) is 23.1 Å². The van der Waals surface area contributed by atoms with Crippen LogP contribution in [0.4, 0.5) is 0 Å². The molecule has 3 nitrogen and oxygen atoms in total. The summed E-state index contributed by atoms with van der Waals surface area (Å²) >= 11 is 0. The van der Waals surface area contributed by atoms with Gasteiger partial charge in [-0.15, -0.1) is 0 Å². The Hall–Kier alpha value is -2.29. The number of nitrogens with zero attached hydrogens (tertiary/aromatic N) is 1. The number of hydrogen-bond donors (Lipinski definition) is 0. The van der Waals surface area contributed by atoms with E-state index in [0.29, 0.717) is 6.42 Å². The van der Waals surface area contributed by atoms with Gasteiger partial charge >= 0.3 is 0 Å². The topological polar surface area (TPSA) is 29.5 Å². The summed E-state index contributed by atoms with van der Waals surface area (Å²) in [5.41, 5.74) is 2.45. The molecule has 3 heteroatoms. The van der Waals surface area contributed by atoms with Gasteiger partial charge in [-0.1, -0.05) is 55.8 Å². The molecule has 0 bridgehead atoms. The Morgan fingerprint density at radius 2 is 1.96 bits per heavy atom. The van der Waals surface area contributed by atoms with E-state index in [1.165, 1.54) is 11.1 Å². The summed E-state index contributed by atoms with van der Waals surface area (Å²) in [5, 5.41) is 0. The number of unbranched alkanes of at least 4 members (excludes halogenated alkanes) is 1. The number of likely N-dealkylation sites (tertiary alicyclic amines) is 1. The van der Waals surface area contributed by atoms with E-state index in [0.717, 1.165) is 38.1 Å². The van der Waals surface area contributed by atoms with Gasteiger partial charge in [0, 0.05) is 31.8 Å². The van der Waals surface area contributed by atoms with Crippen molar-refractivity contribution < 1.29 is 9.53 Å². The minimum Gasteiger partial charge on any atom is -0.490 e. The smallest absolute Gasteiger partial charge is 0.222 e. The molecule has 2 atom stereocenters. The van der Waals surface area contributed by atoms with Gasteiger partial charge in [0.15, 0.2) is 0 Å². The average molecular weight is 351 g/mol. The molecule has 1 heterocycles. The van der Waals surface area contributed by atoms with Crippen molar-refractivity contribution in [3.05, 3.63) is 65.7 Å². The van der Waals surface area contributed by atoms with Crippen LogP contribution in [0.1, 0.15) is 49.7 Å². The standard InChI is InChI=1S/C23H29NO2/c1-3-4-13-23(25)24-15-14-22(26-20-12-8-9-18(2)16-20)21(17-24)19-10-6-5-7-11-19/h5-12,16,21-22H,3-4,13-15,17H2,1-2H3. The van der Waals surface area contributed by atoms with Gasteiger partial charge in [-0.2, -0.15) is 0 Å². The van der Waals surface area contributed by atoms with E-state index in [1.54, 1.807) is 0 Å². The molecule has 0 N–H and O–H groups in total. The van der Waals surface area contributed by atoms with Crippen molar-refractivity contribution in [3.63, 3.8) is 0 Å². The second-order valence-electron chi connectivity index (χ2n) is 7.22. The van der Waals surface area contributed by atoms with Crippen molar-refractivity contribution >= 4 is 5.91 Å². The van der Waals surface area contributed by atoms with Crippen LogP contribution in [0.15, 0.2) is 54.6 Å². The van der Waals surface area contributed by atoms with Gasteiger partial charge in [-0.25, -0.2) is 0 Å². The molecule has 26 heavy (non-hydrogen) atoms. The van der Waals surface area contributed by atoms with Crippen molar-refractivity contribution in [3.8, 4) is 5.75 Å². The molecule has 0 aromatic heterocycles. The number of ether oxygens (including phenoxy) is 1. The second kappa shape index (κ2) is 8.88. The van der Waals surface area contributed by atoms with E-state index >= 15 is 0 Å². The molecule has 1 amide bonds. The van der Waals surface area contributed by atoms with Crippen molar-refractivity contribution in [1.82, 2.24) is 4.90 Å². The highest BCUT2D eigenvalue weighted by Crippen LogP contribution is 2.31. The molecule has 0 radical (unpaired) electrons. The fourth-order valence-corrected chi connectivity index (χ4v) is 3.67. The van der Waals surface area contributed by atoms with Crippen LogP contribution in [0.5, 0.6) is 5.75 Å². The number of aryl methyl sites for hydroxylation is 1. The third-order valence-electron chi connectivity index (χ3n) is 5.15. The Morgan fingerprint density at radius 3 is 2.69 bits per heavy atom. The first kappa shape index (κ1) is 18.5. The monoisotopic (exact) mass is 351 g/mol. The van der Waals surface area contributed by atoms with Crippen molar-refractivity contribution in [1.29, 1.82) is 0 Å². The molecule has 1 aliphatic rings. The van der Waals surface area contributed by atoms with E-state index in [-0.39, 0.29) is 17.9 Å². The average Bonchev–Trinajstić information content (AvgIpc) is 2.67. The largest absolute Gasteiger partial charge is 0.490 e. The Bertz CT molecular complexity index is 713. The number of hydrogen-bond acceptors (Lipinski definition) is 2. The van der Waals surface area contributed by atoms with Crippen molar-refractivity contribution in [2.24, 2.45) is 0 Å². The van der Waals surface area contributed by atoms with Gasteiger partial charge in [0.25, 0.3) is 0 Å². The van der Waals surface area contributed by atoms with Crippen LogP contribution in [0, 0.1) is 6.92 Å². The lowest BCUT2D eigenvalue weighted by Crippen LogP contribution is -2.46. The van der Waals surface area contributed by atoms with Gasteiger partial charge in [0.05, 0.1) is 0 Å². The molecule has 2 unspecified atom stereocenters. The van der Waals surface area contributed by atoms with Gasteiger partial charge in [0.1, 0.15) is 11.9 Å². The summed E-state index contributed by atoms with van der Waals surface area (Å²) in [6.07, 6.45) is 3.64. The zero-order valence-electron chi connectivity index (χ0n) is 15.9. The maximum Gasteiger partial charge on any atom is 0.222 e. The molecule has 1 saturated heterocycles. The minimum atomic E-state index is 0.0921. The number of piperidine rings is 1. The number of benzene rings is 2. The van der Waals surface area contributed by atoms with Crippen molar-refractivity contribution in [2.75, 3.05) is 13.1 Å². The molecular weight excluding hydrogens is 322 g/mol. The highest BCUT2D eigenvalue weighted by atomic mass is 16.5. The summed E-state index contributed by atoms with van der Waals surface area (Å²) in [7, 11) is 0. The summed E-state index contributed by atoms with van der Waals surface area (Å²) < 4.78 is 6.37. The van der Waals surface area contributed by atoms with Crippen LogP contribution >= 0.6 is 0 Å². The van der Waals surface area contributed by atoms with Gasteiger partial charge in [-0.3, -0.25) is 4.79 Å². The number of carbonyl (C=O) groups is 1. The zero-order chi connectivity index (χ0) is 18.4. The molecule has 0 saturated carbocycles. The first-order chi connectivity index (χ1) is 12.7. The third kappa shape index (κ3) is 4.66. The van der Waals surface area contributed by atoms with Gasteiger partial charge in [0.2, 0.25) is 5.91 Å². The summed E-state index contributed by atoms with van der Waals surface area (Å²) in [4.78, 5) is 14.6. The third-order valence-corrected chi connectivity index (χ3v) is 5.15. The lowest BCUT2D eigenvalue weighted by atomic mass is 9.87. The fraction of sp³-hybridized carbons (Fsp3) is 0.435. The highest BCUT2D eigenvalue weighted by Gasteiger charge is 2.33. The van der Waals surface area contributed by atoms with Crippen LogP contribution in [0.3, 0.4) is 0 Å². The maximum atomic E-state index is 12.5. The van der Waals surface area contributed by atoms with Crippen LogP contribution in [0.2, 0.25) is 0 Å². The van der Waals surface area contributed by atoms with Gasteiger partial charge < -0.3 is 9.64 Å². The molecule has 0 aliphatic carbocycles. The molecule has 138 valence electrons. The molecule has 1 fully saturated rings. The van der Waals surface area contributed by atoms with Crippen molar-refractivity contribution in [2.45, 2.75) is 51.6 Å². The second-order valence-corrected chi connectivity index (χ2v) is 7.22. The quantitative estimate of drug-likeness (QED) is 0.737. The first-order valence-corrected chi connectivity index (χ1v) is 9.73. The Balaban J connectivity index is 1.77. The Labute approximate surface area is 157 Å². The number of rotatable bonds is 6. The number of amides is 1. The molecule has 3 rings (SSSR count). The van der Waals surface area contributed by atoms with Gasteiger partial charge in [-0.05, 0) is 36.6 Å². The summed E-state index contributed by atoms with van der Waals surface area (Å²) in [6.45, 7) is 5.73. The fourth-order valence-electron chi connectivity index (χ4n) is 3.67. The van der Waals surface area contributed by atoms with E-state index in [9.17, 15) is 4.79 Å². The van der Waals surface area contributed by atoms with E-state index < -0.39 is 0 Å². The minimum absolute atomic E-state index is 0.0921. The van der Waals surface area contributed by atoms with E-state index in [2.05, 4.69) is 50.2 Å². The van der Waals surface area contributed by atoms with Crippen LogP contribution in [0.25, 0.3) is 0 Å². The molecule has 2 aromatic rings. The lowest BCUT2D eigenvalue weighted by molar-refractivity contribution is -0.133. The Morgan fingerprint density at radius 1 is 1.15 bits per heavy atom. The molecule has 2 aromatic carbocycles. The molecule has 0 spiro atoms. The zero-order valence-corrected chi connectivity index (χ0v) is 15.9. The molecule has 1 aliphatic heterocycles. The summed E-state index contributed by atoms with van der Waals surface area (Å²) in [5.74, 6) is 1.40. The summed E-state index contributed by atoms with van der Waals surface area (Å²) in [6, 6.07) is 18.7. The van der Waals surface area contributed by atoms with E-state index in [4.69, 9.17) is 4.74 Å². The highest BCUT2D eigenvalue weighted by molar-refractivity contribution is 5.76. The number of carbonyl (C=O) groups excluding carboxylic acids is 1. The van der Waals surface area contributed by atoms with Crippen LogP contribution in [-0.4, -0.2) is 30.0 Å². The molecular formula is C23H29NO2. The van der Waals surface area contributed by atoms with Crippen LogP contribution < -0.4 is 4.74 Å². The Kier molecular flexibility index (Phi) is 6.32. The predicted octanol–water partition coefficient (Wildman–Crippen LogP) is 4.95. The lowest BCUT2D eigenvalue weighted by Gasteiger charge is -2.39. The first-order valence-electron chi connectivity index (χ1n) is 9.73. The predicted molar refractivity (Wildman–Crippen MR) is 106 cm³/mol. The normalized spacial score (nSPS) is 20.0. The SMILES string of the molecule is CCCCC(=O)N1CCC(Oc2cccc(C)c2)C(c2ccccc2)C1.